The maximum absolute atomic E-state index is 13.2. The molecule has 1 heterocycles. The maximum atomic E-state index is 13.2. The first-order chi connectivity index (χ1) is 7.25. The fourth-order valence-electron chi connectivity index (χ4n) is 1.26. The average Bonchev–Trinajstić information content (AvgIpc) is 2.72. The lowest BCUT2D eigenvalue weighted by Crippen LogP contribution is -1.96. The topological polar surface area (TPSA) is 22.4 Å². The van der Waals surface area contributed by atoms with Crippen LogP contribution in [0.5, 0.6) is 5.75 Å². The van der Waals surface area contributed by atoms with Crippen molar-refractivity contribution in [3.63, 3.8) is 0 Å². The summed E-state index contributed by atoms with van der Waals surface area (Å²) >= 11 is 0. The van der Waals surface area contributed by atoms with E-state index in [1.807, 2.05) is 6.92 Å². The van der Waals surface area contributed by atoms with Gasteiger partial charge in [0.15, 0.2) is 11.6 Å². The van der Waals surface area contributed by atoms with Crippen LogP contribution >= 0.6 is 0 Å². The van der Waals surface area contributed by atoms with Gasteiger partial charge in [0.05, 0.1) is 12.5 Å². The molecule has 0 amide bonds. The fourth-order valence-corrected chi connectivity index (χ4v) is 1.26. The number of halogens is 1. The first kappa shape index (κ1) is 9.77. The van der Waals surface area contributed by atoms with E-state index < -0.39 is 0 Å². The van der Waals surface area contributed by atoms with Crippen LogP contribution in [-0.2, 0) is 6.61 Å². The highest BCUT2D eigenvalue weighted by molar-refractivity contribution is 5.29. The number of hydrogen-bond donors (Lipinski definition) is 0. The molecule has 0 spiro atoms. The molecule has 0 bridgehead atoms. The molecule has 0 saturated carbocycles. The number of ether oxygens (including phenoxy) is 1. The average molecular weight is 206 g/mol. The van der Waals surface area contributed by atoms with Crippen LogP contribution < -0.4 is 4.74 Å². The monoisotopic (exact) mass is 206 g/mol. The molecule has 0 aliphatic carbocycles. The van der Waals surface area contributed by atoms with Gasteiger partial charge in [0.25, 0.3) is 0 Å². The first-order valence-corrected chi connectivity index (χ1v) is 4.66. The minimum atomic E-state index is -0.343. The van der Waals surface area contributed by atoms with E-state index in [-0.39, 0.29) is 11.6 Å². The second-order valence-corrected chi connectivity index (χ2v) is 3.35. The van der Waals surface area contributed by atoms with Gasteiger partial charge in [-0.15, -0.1) is 0 Å². The van der Waals surface area contributed by atoms with Gasteiger partial charge in [-0.3, -0.25) is 0 Å². The van der Waals surface area contributed by atoms with Gasteiger partial charge in [-0.05, 0) is 30.7 Å². The summed E-state index contributed by atoms with van der Waals surface area (Å²) in [5.41, 5.74) is 1.86. The Hall–Kier alpha value is -1.77. The lowest BCUT2D eigenvalue weighted by Gasteiger charge is -2.06. The minimum Gasteiger partial charge on any atom is -0.486 e. The van der Waals surface area contributed by atoms with E-state index in [0.29, 0.717) is 6.61 Å². The lowest BCUT2D eigenvalue weighted by molar-refractivity contribution is 0.289. The molecule has 3 heteroatoms. The second kappa shape index (κ2) is 4.17. The lowest BCUT2D eigenvalue weighted by atomic mass is 10.2. The standard InChI is InChI=1S/C12H11FO2/c1-9-2-3-11(13)12(6-9)15-8-10-4-5-14-7-10/h2-7H,8H2,1H3. The Morgan fingerprint density at radius 2 is 2.20 bits per heavy atom. The van der Waals surface area contributed by atoms with Crippen molar-refractivity contribution in [3.8, 4) is 5.75 Å². The van der Waals surface area contributed by atoms with Gasteiger partial charge < -0.3 is 9.15 Å². The normalized spacial score (nSPS) is 10.3. The highest BCUT2D eigenvalue weighted by Gasteiger charge is 2.03. The largest absolute Gasteiger partial charge is 0.486 e. The van der Waals surface area contributed by atoms with Gasteiger partial charge in [-0.2, -0.15) is 0 Å². The summed E-state index contributed by atoms with van der Waals surface area (Å²) in [6.45, 7) is 2.21. The van der Waals surface area contributed by atoms with Crippen LogP contribution in [0.15, 0.2) is 41.2 Å². The third-order valence-corrected chi connectivity index (χ3v) is 2.06. The van der Waals surface area contributed by atoms with Crippen molar-refractivity contribution in [2.75, 3.05) is 0 Å². The van der Waals surface area contributed by atoms with Crippen molar-refractivity contribution in [1.29, 1.82) is 0 Å². The molecule has 0 unspecified atom stereocenters. The summed E-state index contributed by atoms with van der Waals surface area (Å²) in [4.78, 5) is 0. The van der Waals surface area contributed by atoms with Gasteiger partial charge in [0.1, 0.15) is 6.61 Å². The van der Waals surface area contributed by atoms with Crippen molar-refractivity contribution in [1.82, 2.24) is 0 Å². The van der Waals surface area contributed by atoms with Crippen molar-refractivity contribution in [2.24, 2.45) is 0 Å². The van der Waals surface area contributed by atoms with Crippen LogP contribution in [-0.4, -0.2) is 0 Å². The number of hydrogen-bond acceptors (Lipinski definition) is 2. The Morgan fingerprint density at radius 3 is 2.93 bits per heavy atom. The summed E-state index contributed by atoms with van der Waals surface area (Å²) in [6, 6.07) is 6.57. The summed E-state index contributed by atoms with van der Waals surface area (Å²) < 4.78 is 23.5. The van der Waals surface area contributed by atoms with Crippen LogP contribution in [0.1, 0.15) is 11.1 Å². The third kappa shape index (κ3) is 2.37. The molecule has 0 aliphatic rings. The Bertz CT molecular complexity index is 435. The predicted octanol–water partition coefficient (Wildman–Crippen LogP) is 3.31. The fraction of sp³-hybridized carbons (Fsp3) is 0.167. The zero-order valence-electron chi connectivity index (χ0n) is 8.37. The zero-order chi connectivity index (χ0) is 10.7. The molecule has 2 nitrogen and oxygen atoms in total. The quantitative estimate of drug-likeness (QED) is 0.768. The molecule has 1 aromatic heterocycles. The van der Waals surface area contributed by atoms with E-state index in [9.17, 15) is 4.39 Å². The maximum Gasteiger partial charge on any atom is 0.165 e. The molecule has 1 aromatic carbocycles. The highest BCUT2D eigenvalue weighted by atomic mass is 19.1. The summed E-state index contributed by atoms with van der Waals surface area (Å²) in [5, 5.41) is 0. The van der Waals surface area contributed by atoms with Gasteiger partial charge in [0, 0.05) is 5.56 Å². The molecule has 0 N–H and O–H groups in total. The highest BCUT2D eigenvalue weighted by Crippen LogP contribution is 2.19. The Balaban J connectivity index is 2.07. The van der Waals surface area contributed by atoms with Crippen LogP contribution in [0.25, 0.3) is 0 Å². The molecule has 0 fully saturated rings. The SMILES string of the molecule is Cc1ccc(F)c(OCc2ccoc2)c1. The van der Waals surface area contributed by atoms with E-state index in [0.717, 1.165) is 11.1 Å². The van der Waals surface area contributed by atoms with Crippen molar-refractivity contribution in [2.45, 2.75) is 13.5 Å². The second-order valence-electron chi connectivity index (χ2n) is 3.35. The number of benzene rings is 1. The molecule has 78 valence electrons. The third-order valence-electron chi connectivity index (χ3n) is 2.06. The molecule has 0 aliphatic heterocycles. The number of aryl methyl sites for hydroxylation is 1. The molecule has 2 aromatic rings. The predicted molar refractivity (Wildman–Crippen MR) is 54.2 cm³/mol. The van der Waals surface area contributed by atoms with Crippen molar-refractivity contribution >= 4 is 0 Å². The van der Waals surface area contributed by atoms with Gasteiger partial charge >= 0.3 is 0 Å². The van der Waals surface area contributed by atoms with E-state index in [4.69, 9.17) is 9.15 Å². The Kier molecular flexibility index (Phi) is 2.72. The van der Waals surface area contributed by atoms with Crippen molar-refractivity contribution in [3.05, 3.63) is 53.7 Å². The molecule has 0 atom stereocenters. The molecular formula is C12H11FO2. The van der Waals surface area contributed by atoms with Gasteiger partial charge in [-0.25, -0.2) is 4.39 Å². The Labute approximate surface area is 87.3 Å². The number of furan rings is 1. The molecule has 0 radical (unpaired) electrons. The first-order valence-electron chi connectivity index (χ1n) is 4.66. The zero-order valence-corrected chi connectivity index (χ0v) is 8.37. The smallest absolute Gasteiger partial charge is 0.165 e. The molecule has 15 heavy (non-hydrogen) atoms. The molecule has 0 saturated heterocycles. The van der Waals surface area contributed by atoms with Gasteiger partial charge in [0.2, 0.25) is 0 Å². The van der Waals surface area contributed by atoms with Gasteiger partial charge in [-0.1, -0.05) is 6.07 Å². The van der Waals surface area contributed by atoms with E-state index in [1.165, 1.54) is 6.07 Å². The summed E-state index contributed by atoms with van der Waals surface area (Å²) in [6.07, 6.45) is 3.14. The van der Waals surface area contributed by atoms with E-state index in [2.05, 4.69) is 0 Å². The minimum absolute atomic E-state index is 0.274. The van der Waals surface area contributed by atoms with Crippen LogP contribution in [0.3, 0.4) is 0 Å². The number of rotatable bonds is 3. The molecule has 2 rings (SSSR count). The van der Waals surface area contributed by atoms with Crippen LogP contribution in [0.2, 0.25) is 0 Å². The summed E-state index contributed by atoms with van der Waals surface area (Å²) in [7, 11) is 0. The van der Waals surface area contributed by atoms with Crippen LogP contribution in [0, 0.1) is 12.7 Å². The van der Waals surface area contributed by atoms with Crippen LogP contribution in [0.4, 0.5) is 4.39 Å². The van der Waals surface area contributed by atoms with E-state index >= 15 is 0 Å². The summed E-state index contributed by atoms with van der Waals surface area (Å²) in [5.74, 6) is -0.0692. The Morgan fingerprint density at radius 1 is 1.33 bits per heavy atom. The van der Waals surface area contributed by atoms with Crippen molar-refractivity contribution < 1.29 is 13.5 Å². The molecular weight excluding hydrogens is 195 g/mol. The van der Waals surface area contributed by atoms with E-state index in [1.54, 1.807) is 30.7 Å².